The van der Waals surface area contributed by atoms with Gasteiger partial charge in [-0.05, 0) is 140 Å². The van der Waals surface area contributed by atoms with E-state index in [0.29, 0.717) is 29.0 Å². The van der Waals surface area contributed by atoms with Gasteiger partial charge < -0.3 is 9.30 Å². The van der Waals surface area contributed by atoms with E-state index in [1.165, 1.54) is 57.7 Å². The van der Waals surface area contributed by atoms with Gasteiger partial charge in [0.1, 0.15) is 11.9 Å². The molecule has 1 aromatic heterocycles. The van der Waals surface area contributed by atoms with Crippen LogP contribution in [0.25, 0.3) is 11.6 Å². The summed E-state index contributed by atoms with van der Waals surface area (Å²) in [6, 6.07) is 27.7. The predicted molar refractivity (Wildman–Crippen MR) is 237 cm³/mol. The SMILES string of the molecule is CN1C(C2=CCCC=C2)NC(c2ccc3c(c2)OC2C=CC(n4c5c(c6c4CCC4c7ccccc7SC64)CCC=C5)CC32)NC1C1CC=C(c2ccccc2)CC1. The molecule has 1 saturated heterocycles. The summed E-state index contributed by atoms with van der Waals surface area (Å²) in [4.78, 5) is 4.06. The van der Waals surface area contributed by atoms with Crippen LogP contribution in [0.3, 0.4) is 0 Å². The Morgan fingerprint density at radius 1 is 0.793 bits per heavy atom. The number of benzene rings is 3. The number of thioether (sulfide) groups is 1. The zero-order valence-electron chi connectivity index (χ0n) is 33.5. The molecule has 0 bridgehead atoms. The Labute approximate surface area is 348 Å². The fourth-order valence-electron chi connectivity index (χ4n) is 12.1. The van der Waals surface area contributed by atoms with Gasteiger partial charge in [0.25, 0.3) is 0 Å². The molecule has 9 atom stereocenters. The standard InChI is InChI=1S/C52H54N4OS/c1-55-51(34-14-6-3-7-15-34)53-50(54-52(55)35-22-20-33(21-23-35)32-12-4-2-5-13-32)36-24-26-38-42-31-37(25-29-45(42)57-46(38)30-36)56-43-18-10-8-17-41(43)48-44(56)28-27-40-39-16-9-11-19-47(39)58-49(40)48/h2,4-6,9-16,18-20,24-26,29-30,35,37,40,42,45,49-54H,3,7-8,17,21-23,27-28,31H2,1H3. The van der Waals surface area contributed by atoms with Gasteiger partial charge in [-0.25, -0.2) is 0 Å². The van der Waals surface area contributed by atoms with Crippen LogP contribution < -0.4 is 15.4 Å². The van der Waals surface area contributed by atoms with E-state index in [2.05, 4.69) is 160 Å². The summed E-state index contributed by atoms with van der Waals surface area (Å²) >= 11 is 2.13. The zero-order valence-corrected chi connectivity index (χ0v) is 34.3. The first-order valence-corrected chi connectivity index (χ1v) is 23.1. The molecule has 2 N–H and O–H groups in total. The molecule has 5 nitrogen and oxygen atoms in total. The number of nitrogens with zero attached hydrogens (tertiary/aromatic N) is 2. The first-order chi connectivity index (χ1) is 28.7. The van der Waals surface area contributed by atoms with Crippen LogP contribution in [0.1, 0.15) is 125 Å². The summed E-state index contributed by atoms with van der Waals surface area (Å²) in [5.41, 5.74) is 14.9. The fourth-order valence-corrected chi connectivity index (χ4v) is 13.7. The Balaban J connectivity index is 0.823. The van der Waals surface area contributed by atoms with E-state index in [4.69, 9.17) is 4.74 Å². The molecule has 0 amide bonds. The molecular formula is C52H54N4OS. The average molecular weight is 783 g/mol. The second-order valence-corrected chi connectivity index (χ2v) is 19.2. The largest absolute Gasteiger partial charge is 0.485 e. The third-order valence-electron chi connectivity index (χ3n) is 14.9. The summed E-state index contributed by atoms with van der Waals surface area (Å²) in [6.45, 7) is 0. The molecule has 8 aliphatic rings. The van der Waals surface area contributed by atoms with Crippen LogP contribution in [-0.2, 0) is 12.8 Å². The Bertz CT molecular complexity index is 2420. The number of aromatic nitrogens is 1. The molecular weight excluding hydrogens is 729 g/mol. The lowest BCUT2D eigenvalue weighted by Crippen LogP contribution is -2.66. The van der Waals surface area contributed by atoms with Gasteiger partial charge in [-0.2, -0.15) is 0 Å². The number of fused-ring (bicyclic) bond motifs is 10. The third kappa shape index (κ3) is 5.84. The number of likely N-dealkylation sites (N-methyl/N-ethyl adjacent to an activating group) is 1. The van der Waals surface area contributed by atoms with E-state index in [-0.39, 0.29) is 24.6 Å². The Morgan fingerprint density at radius 2 is 1.69 bits per heavy atom. The number of hydrogen-bond acceptors (Lipinski definition) is 5. The summed E-state index contributed by atoms with van der Waals surface area (Å²) in [7, 11) is 2.31. The molecule has 58 heavy (non-hydrogen) atoms. The van der Waals surface area contributed by atoms with E-state index in [9.17, 15) is 0 Å². The lowest BCUT2D eigenvalue weighted by Gasteiger charge is -2.49. The predicted octanol–water partition coefficient (Wildman–Crippen LogP) is 11.3. The van der Waals surface area contributed by atoms with Crippen LogP contribution in [0.5, 0.6) is 5.75 Å². The lowest BCUT2D eigenvalue weighted by molar-refractivity contribution is 0.0246. The van der Waals surface area contributed by atoms with E-state index in [0.717, 1.165) is 50.7 Å². The van der Waals surface area contributed by atoms with Crippen molar-refractivity contribution in [2.45, 2.75) is 117 Å². The molecule has 0 radical (unpaired) electrons. The second kappa shape index (κ2) is 14.4. The molecule has 12 rings (SSSR count). The highest BCUT2D eigenvalue weighted by Crippen LogP contribution is 2.61. The second-order valence-electron chi connectivity index (χ2n) is 18.0. The lowest BCUT2D eigenvalue weighted by atomic mass is 9.80. The van der Waals surface area contributed by atoms with Gasteiger partial charge in [-0.3, -0.25) is 15.5 Å². The average Bonchev–Trinajstić information content (AvgIpc) is 3.96. The van der Waals surface area contributed by atoms with E-state index in [1.54, 1.807) is 22.4 Å². The molecule has 4 heterocycles. The van der Waals surface area contributed by atoms with Crippen molar-refractivity contribution in [3.05, 3.63) is 166 Å². The maximum Gasteiger partial charge on any atom is 0.124 e. The first kappa shape index (κ1) is 35.6. The minimum Gasteiger partial charge on any atom is -0.485 e. The maximum absolute atomic E-state index is 6.88. The monoisotopic (exact) mass is 782 g/mol. The van der Waals surface area contributed by atoms with Crippen LogP contribution in [0.15, 0.2) is 126 Å². The zero-order chi connectivity index (χ0) is 38.3. The van der Waals surface area contributed by atoms with Gasteiger partial charge in [0, 0.05) is 38.9 Å². The normalized spacial score (nSPS) is 31.9. The van der Waals surface area contributed by atoms with Gasteiger partial charge in [0.2, 0.25) is 0 Å². The third-order valence-corrected chi connectivity index (χ3v) is 16.4. The highest BCUT2D eigenvalue weighted by molar-refractivity contribution is 8.00. The Kier molecular flexibility index (Phi) is 8.87. The topological polar surface area (TPSA) is 41.5 Å². The molecule has 9 unspecified atom stereocenters. The van der Waals surface area contributed by atoms with Crippen LogP contribution in [0.4, 0.5) is 0 Å². The molecule has 294 valence electrons. The maximum atomic E-state index is 6.88. The molecule has 4 aromatic rings. The summed E-state index contributed by atoms with van der Waals surface area (Å²) < 4.78 is 9.66. The van der Waals surface area contributed by atoms with Crippen molar-refractivity contribution >= 4 is 23.4 Å². The number of allylic oxidation sites excluding steroid dienone is 6. The minimum atomic E-state index is 0.0230. The van der Waals surface area contributed by atoms with Crippen molar-refractivity contribution in [3.63, 3.8) is 0 Å². The van der Waals surface area contributed by atoms with Gasteiger partial charge in [0.05, 0.1) is 24.5 Å². The van der Waals surface area contributed by atoms with Crippen molar-refractivity contribution in [3.8, 4) is 5.75 Å². The van der Waals surface area contributed by atoms with Crippen LogP contribution in [0, 0.1) is 5.92 Å². The number of hydrogen-bond donors (Lipinski definition) is 2. The van der Waals surface area contributed by atoms with Gasteiger partial charge >= 0.3 is 0 Å². The molecule has 3 aliphatic heterocycles. The summed E-state index contributed by atoms with van der Waals surface area (Å²) in [5, 5.41) is 8.72. The molecule has 1 fully saturated rings. The van der Waals surface area contributed by atoms with E-state index >= 15 is 0 Å². The molecule has 3 aromatic carbocycles. The summed E-state index contributed by atoms with van der Waals surface area (Å²) in [5.74, 6) is 2.59. The quantitative estimate of drug-likeness (QED) is 0.197. The van der Waals surface area contributed by atoms with E-state index < -0.39 is 0 Å². The van der Waals surface area contributed by atoms with Crippen molar-refractivity contribution in [2.24, 2.45) is 5.92 Å². The van der Waals surface area contributed by atoms with Gasteiger partial charge in [0.15, 0.2) is 0 Å². The molecule has 5 aliphatic carbocycles. The Hall–Kier alpha value is -4.33. The molecule has 0 spiro atoms. The van der Waals surface area contributed by atoms with Crippen molar-refractivity contribution in [2.75, 3.05) is 7.05 Å². The van der Waals surface area contributed by atoms with Crippen molar-refractivity contribution < 1.29 is 4.74 Å². The van der Waals surface area contributed by atoms with Crippen LogP contribution in [0.2, 0.25) is 0 Å². The fraction of sp³-hybridized carbons (Fsp3) is 0.385. The number of nitrogens with one attached hydrogen (secondary N) is 2. The highest BCUT2D eigenvalue weighted by atomic mass is 32.2. The van der Waals surface area contributed by atoms with Gasteiger partial charge in [-0.1, -0.05) is 97.1 Å². The number of rotatable bonds is 5. The highest BCUT2D eigenvalue weighted by Gasteiger charge is 2.45. The van der Waals surface area contributed by atoms with E-state index in [1.807, 2.05) is 0 Å². The van der Waals surface area contributed by atoms with Crippen LogP contribution in [-0.4, -0.2) is 35.0 Å². The molecule has 0 saturated carbocycles. The Morgan fingerprint density at radius 3 is 2.57 bits per heavy atom. The van der Waals surface area contributed by atoms with Gasteiger partial charge in [-0.15, -0.1) is 11.8 Å². The van der Waals surface area contributed by atoms with Crippen molar-refractivity contribution in [1.82, 2.24) is 20.1 Å². The van der Waals surface area contributed by atoms with Crippen molar-refractivity contribution in [1.29, 1.82) is 0 Å². The smallest absolute Gasteiger partial charge is 0.124 e. The first-order valence-electron chi connectivity index (χ1n) is 22.2. The molecule has 6 heteroatoms. The number of ether oxygens (including phenoxy) is 1. The summed E-state index contributed by atoms with van der Waals surface area (Å²) in [6.07, 6.45) is 31.3. The van der Waals surface area contributed by atoms with Crippen LogP contribution >= 0.6 is 11.8 Å². The minimum absolute atomic E-state index is 0.0230.